The number of hydrogen-bond donors (Lipinski definition) is 2. The van der Waals surface area contributed by atoms with Gasteiger partial charge in [0.2, 0.25) is 0 Å². The lowest BCUT2D eigenvalue weighted by Crippen LogP contribution is -2.25. The van der Waals surface area contributed by atoms with Crippen LogP contribution in [0.4, 0.5) is 10.1 Å². The molecule has 0 saturated heterocycles. The van der Waals surface area contributed by atoms with Crippen LogP contribution in [0.3, 0.4) is 0 Å². The standard InChI is InChI=1S/C18H22FN3O2/c1-24-10-4-8-22-18(23)15-11-16(13-20-12-15)21-9-7-14-5-2-3-6-17(14)19/h2-3,5-6,11-13,21H,4,7-10H2,1H3,(H,22,23). The van der Waals surface area contributed by atoms with E-state index in [-0.39, 0.29) is 11.7 Å². The Kier molecular flexibility index (Phi) is 7.17. The lowest BCUT2D eigenvalue weighted by atomic mass is 10.1. The van der Waals surface area contributed by atoms with Gasteiger partial charge in [-0.2, -0.15) is 0 Å². The number of methoxy groups -OCH3 is 1. The molecule has 2 rings (SSSR count). The molecule has 0 spiro atoms. The molecule has 0 fully saturated rings. The Bertz CT molecular complexity index is 664. The van der Waals surface area contributed by atoms with E-state index in [1.54, 1.807) is 31.5 Å². The number of halogens is 1. The predicted octanol–water partition coefficient (Wildman–Crippen LogP) is 2.64. The number of nitrogens with one attached hydrogen (secondary N) is 2. The second kappa shape index (κ2) is 9.62. The lowest BCUT2D eigenvalue weighted by Gasteiger charge is -2.09. The molecular weight excluding hydrogens is 309 g/mol. The summed E-state index contributed by atoms with van der Waals surface area (Å²) < 4.78 is 18.5. The zero-order valence-electron chi connectivity index (χ0n) is 13.7. The number of ether oxygens (including phenoxy) is 1. The topological polar surface area (TPSA) is 63.2 Å². The first-order chi connectivity index (χ1) is 11.7. The molecule has 128 valence electrons. The molecular formula is C18H22FN3O2. The molecule has 1 amide bonds. The van der Waals surface area contributed by atoms with Gasteiger partial charge in [0.15, 0.2) is 0 Å². The maximum absolute atomic E-state index is 13.6. The van der Waals surface area contributed by atoms with E-state index in [1.165, 1.54) is 12.3 Å². The molecule has 2 aromatic rings. The summed E-state index contributed by atoms with van der Waals surface area (Å²) in [6.07, 6.45) is 4.48. The maximum atomic E-state index is 13.6. The third-order valence-electron chi connectivity index (χ3n) is 3.49. The molecule has 24 heavy (non-hydrogen) atoms. The van der Waals surface area contributed by atoms with Crippen LogP contribution in [-0.4, -0.2) is 37.7 Å². The van der Waals surface area contributed by atoms with Gasteiger partial charge < -0.3 is 15.4 Å². The molecule has 0 aliphatic heterocycles. The number of benzene rings is 1. The minimum atomic E-state index is -0.207. The van der Waals surface area contributed by atoms with Crippen LogP contribution >= 0.6 is 0 Å². The Labute approximate surface area is 141 Å². The van der Waals surface area contributed by atoms with Gasteiger partial charge >= 0.3 is 0 Å². The molecule has 1 heterocycles. The number of nitrogens with zero attached hydrogens (tertiary/aromatic N) is 1. The van der Waals surface area contributed by atoms with Crippen LogP contribution in [0.2, 0.25) is 0 Å². The van der Waals surface area contributed by atoms with E-state index < -0.39 is 0 Å². The van der Waals surface area contributed by atoms with Gasteiger partial charge in [-0.15, -0.1) is 0 Å². The van der Waals surface area contributed by atoms with Crippen molar-refractivity contribution in [2.75, 3.05) is 32.1 Å². The van der Waals surface area contributed by atoms with Gasteiger partial charge in [0.25, 0.3) is 5.91 Å². The summed E-state index contributed by atoms with van der Waals surface area (Å²) in [6.45, 7) is 1.72. The zero-order chi connectivity index (χ0) is 17.2. The quantitative estimate of drug-likeness (QED) is 0.694. The third kappa shape index (κ3) is 5.62. The van der Waals surface area contributed by atoms with Crippen molar-refractivity contribution in [3.8, 4) is 0 Å². The first kappa shape index (κ1) is 17.9. The molecule has 1 aromatic carbocycles. The van der Waals surface area contributed by atoms with E-state index in [4.69, 9.17) is 4.74 Å². The van der Waals surface area contributed by atoms with E-state index >= 15 is 0 Å². The zero-order valence-corrected chi connectivity index (χ0v) is 13.7. The Morgan fingerprint density at radius 1 is 1.25 bits per heavy atom. The second-order valence-corrected chi connectivity index (χ2v) is 5.33. The van der Waals surface area contributed by atoms with Crippen molar-refractivity contribution in [2.45, 2.75) is 12.8 Å². The van der Waals surface area contributed by atoms with Crippen molar-refractivity contribution in [2.24, 2.45) is 0 Å². The predicted molar refractivity (Wildman–Crippen MR) is 91.7 cm³/mol. The van der Waals surface area contributed by atoms with Gasteiger partial charge in [0, 0.05) is 39.2 Å². The molecule has 1 aromatic heterocycles. The van der Waals surface area contributed by atoms with Crippen LogP contribution in [0.15, 0.2) is 42.7 Å². The number of anilines is 1. The highest BCUT2D eigenvalue weighted by molar-refractivity contribution is 5.94. The molecule has 0 aliphatic rings. The summed E-state index contributed by atoms with van der Waals surface area (Å²) in [6, 6.07) is 8.43. The van der Waals surface area contributed by atoms with E-state index in [9.17, 15) is 9.18 Å². The van der Waals surface area contributed by atoms with Crippen molar-refractivity contribution in [1.82, 2.24) is 10.3 Å². The van der Waals surface area contributed by atoms with Gasteiger partial charge in [-0.05, 0) is 30.5 Å². The fraction of sp³-hybridized carbons (Fsp3) is 0.333. The molecule has 5 nitrogen and oxygen atoms in total. The van der Waals surface area contributed by atoms with Crippen molar-refractivity contribution in [1.29, 1.82) is 0 Å². The first-order valence-corrected chi connectivity index (χ1v) is 7.90. The highest BCUT2D eigenvalue weighted by Gasteiger charge is 2.06. The molecule has 0 aliphatic carbocycles. The summed E-state index contributed by atoms with van der Waals surface area (Å²) in [7, 11) is 1.63. The van der Waals surface area contributed by atoms with E-state index in [2.05, 4.69) is 15.6 Å². The number of carbonyl (C=O) groups excluding carboxylic acids is 1. The third-order valence-corrected chi connectivity index (χ3v) is 3.49. The van der Waals surface area contributed by atoms with Crippen molar-refractivity contribution >= 4 is 11.6 Å². The molecule has 0 radical (unpaired) electrons. The van der Waals surface area contributed by atoms with Gasteiger partial charge in [0.05, 0.1) is 11.3 Å². The summed E-state index contributed by atoms with van der Waals surface area (Å²) in [5.41, 5.74) is 1.88. The molecule has 0 saturated carbocycles. The Hall–Kier alpha value is -2.47. The van der Waals surface area contributed by atoms with E-state index in [0.29, 0.717) is 37.2 Å². The van der Waals surface area contributed by atoms with Crippen LogP contribution in [0.1, 0.15) is 22.3 Å². The highest BCUT2D eigenvalue weighted by atomic mass is 19.1. The largest absolute Gasteiger partial charge is 0.385 e. The van der Waals surface area contributed by atoms with Gasteiger partial charge in [0.1, 0.15) is 5.82 Å². The monoisotopic (exact) mass is 331 g/mol. The molecule has 2 N–H and O–H groups in total. The Morgan fingerprint density at radius 2 is 2.08 bits per heavy atom. The number of hydrogen-bond acceptors (Lipinski definition) is 4. The number of rotatable bonds is 9. The molecule has 0 bridgehead atoms. The average molecular weight is 331 g/mol. The minimum absolute atomic E-state index is 0.170. The summed E-state index contributed by atoms with van der Waals surface area (Å²) in [4.78, 5) is 16.1. The fourth-order valence-corrected chi connectivity index (χ4v) is 2.22. The maximum Gasteiger partial charge on any atom is 0.252 e. The fourth-order valence-electron chi connectivity index (χ4n) is 2.22. The summed E-state index contributed by atoms with van der Waals surface area (Å²) in [5, 5.41) is 5.98. The molecule has 0 unspecified atom stereocenters. The number of aromatic nitrogens is 1. The summed E-state index contributed by atoms with van der Waals surface area (Å²) in [5.74, 6) is -0.377. The SMILES string of the molecule is COCCCNC(=O)c1cncc(NCCc2ccccc2F)c1. The van der Waals surface area contributed by atoms with Crippen molar-refractivity contribution in [3.05, 3.63) is 59.7 Å². The highest BCUT2D eigenvalue weighted by Crippen LogP contribution is 2.10. The molecule has 0 atom stereocenters. The number of pyridine rings is 1. The van der Waals surface area contributed by atoms with Crippen LogP contribution in [0.5, 0.6) is 0 Å². The lowest BCUT2D eigenvalue weighted by molar-refractivity contribution is 0.0948. The molecule has 6 heteroatoms. The van der Waals surface area contributed by atoms with Gasteiger partial charge in [-0.3, -0.25) is 9.78 Å². The smallest absolute Gasteiger partial charge is 0.252 e. The number of carbonyl (C=O) groups is 1. The van der Waals surface area contributed by atoms with Gasteiger partial charge in [-0.1, -0.05) is 18.2 Å². The van der Waals surface area contributed by atoms with Crippen LogP contribution in [0.25, 0.3) is 0 Å². The minimum Gasteiger partial charge on any atom is -0.385 e. The van der Waals surface area contributed by atoms with Gasteiger partial charge in [-0.25, -0.2) is 4.39 Å². The Morgan fingerprint density at radius 3 is 2.88 bits per heavy atom. The van der Waals surface area contributed by atoms with Crippen LogP contribution < -0.4 is 10.6 Å². The Balaban J connectivity index is 1.84. The normalized spacial score (nSPS) is 10.4. The van der Waals surface area contributed by atoms with Crippen molar-refractivity contribution in [3.63, 3.8) is 0 Å². The average Bonchev–Trinajstić information content (AvgIpc) is 2.60. The van der Waals surface area contributed by atoms with E-state index in [0.717, 1.165) is 12.1 Å². The second-order valence-electron chi connectivity index (χ2n) is 5.33. The van der Waals surface area contributed by atoms with Crippen molar-refractivity contribution < 1.29 is 13.9 Å². The van der Waals surface area contributed by atoms with Crippen LogP contribution in [-0.2, 0) is 11.2 Å². The van der Waals surface area contributed by atoms with E-state index in [1.807, 2.05) is 6.07 Å². The number of amides is 1. The van der Waals surface area contributed by atoms with Crippen LogP contribution in [0, 0.1) is 5.82 Å². The first-order valence-electron chi connectivity index (χ1n) is 7.90. The summed E-state index contributed by atoms with van der Waals surface area (Å²) >= 11 is 0.